The highest BCUT2D eigenvalue weighted by atomic mass is 16.5. The summed E-state index contributed by atoms with van der Waals surface area (Å²) < 4.78 is 15.9. The largest absolute Gasteiger partial charge is 0.497 e. The van der Waals surface area contributed by atoms with Gasteiger partial charge in [-0.25, -0.2) is 4.79 Å². The number of likely N-dealkylation sites (tertiary alicyclic amines) is 1. The summed E-state index contributed by atoms with van der Waals surface area (Å²) in [5.41, 5.74) is 2.07. The topological polar surface area (TPSA) is 106 Å². The van der Waals surface area contributed by atoms with Crippen LogP contribution in [-0.4, -0.2) is 49.1 Å². The molecule has 3 aromatic carbocycles. The second-order valence-corrected chi connectivity index (χ2v) is 8.13. The van der Waals surface area contributed by atoms with E-state index in [1.807, 2.05) is 36.4 Å². The summed E-state index contributed by atoms with van der Waals surface area (Å²) >= 11 is 0. The van der Waals surface area contributed by atoms with E-state index in [-0.39, 0.29) is 13.2 Å². The van der Waals surface area contributed by atoms with E-state index in [0.717, 1.165) is 5.56 Å². The molecule has 0 aliphatic carbocycles. The van der Waals surface area contributed by atoms with Gasteiger partial charge in [-0.15, -0.1) is 0 Å². The van der Waals surface area contributed by atoms with E-state index in [4.69, 9.17) is 14.2 Å². The van der Waals surface area contributed by atoms with Crippen LogP contribution in [0.25, 0.3) is 0 Å². The maximum atomic E-state index is 13.2. The van der Waals surface area contributed by atoms with Gasteiger partial charge in [0.05, 0.1) is 20.8 Å². The summed E-state index contributed by atoms with van der Waals surface area (Å²) in [4.78, 5) is 40.1. The number of carbonyl (C=O) groups excluding carboxylic acids is 3. The minimum Gasteiger partial charge on any atom is -0.497 e. The van der Waals surface area contributed by atoms with E-state index in [9.17, 15) is 14.4 Å². The van der Waals surface area contributed by atoms with Crippen molar-refractivity contribution in [3.05, 3.63) is 90.0 Å². The Hall–Kier alpha value is -4.53. The predicted octanol–water partition coefficient (Wildman–Crippen LogP) is 3.35. The molecule has 0 spiro atoms. The normalized spacial score (nSPS) is 16.5. The van der Waals surface area contributed by atoms with Crippen molar-refractivity contribution < 1.29 is 28.6 Å². The number of anilines is 1. The Labute approximate surface area is 209 Å². The van der Waals surface area contributed by atoms with Gasteiger partial charge in [0.25, 0.3) is 0 Å². The minimum atomic E-state index is -1.07. The second kappa shape index (κ2) is 11.3. The van der Waals surface area contributed by atoms with Crippen molar-refractivity contribution >= 4 is 23.6 Å². The van der Waals surface area contributed by atoms with Crippen molar-refractivity contribution in [2.75, 3.05) is 19.5 Å². The van der Waals surface area contributed by atoms with Crippen molar-refractivity contribution in [3.8, 4) is 11.5 Å². The van der Waals surface area contributed by atoms with Gasteiger partial charge in [0, 0.05) is 17.3 Å². The molecule has 36 heavy (non-hydrogen) atoms. The number of ether oxygens (including phenoxy) is 3. The smallest absolute Gasteiger partial charge is 0.408 e. The van der Waals surface area contributed by atoms with Crippen molar-refractivity contribution in [3.63, 3.8) is 0 Å². The first-order valence-corrected chi connectivity index (χ1v) is 11.3. The van der Waals surface area contributed by atoms with Crippen LogP contribution in [0.1, 0.15) is 11.1 Å². The number of hydrogen-bond acceptors (Lipinski definition) is 6. The van der Waals surface area contributed by atoms with E-state index in [0.29, 0.717) is 22.7 Å². The molecule has 9 nitrogen and oxygen atoms in total. The molecule has 1 saturated heterocycles. The number of nitrogens with one attached hydrogen (secondary N) is 2. The van der Waals surface area contributed by atoms with Gasteiger partial charge < -0.3 is 29.7 Å². The van der Waals surface area contributed by atoms with E-state index < -0.39 is 30.0 Å². The molecule has 186 valence electrons. The number of methoxy groups -OCH3 is 2. The molecule has 0 bridgehead atoms. The van der Waals surface area contributed by atoms with Gasteiger partial charge >= 0.3 is 6.09 Å². The maximum Gasteiger partial charge on any atom is 0.408 e. The monoisotopic (exact) mass is 489 g/mol. The molecule has 4 rings (SSSR count). The third kappa shape index (κ3) is 5.57. The second-order valence-electron chi connectivity index (χ2n) is 8.13. The zero-order valence-corrected chi connectivity index (χ0v) is 20.0. The molecule has 0 unspecified atom stereocenters. The van der Waals surface area contributed by atoms with Crippen LogP contribution in [0, 0.1) is 0 Å². The molecule has 1 aliphatic rings. The standard InChI is InChI=1S/C27H27N3O6/c1-34-21-14-13-19(22(15-21)35-2)16-30-24(25(31)28-20-11-7-4-8-12-20)23(26(30)32)29-27(33)36-17-18-9-5-3-6-10-18/h3-15,23-24H,16-17H2,1-2H3,(H,28,31)(H,29,33)/t23-,24-/m1/s1. The Kier molecular flexibility index (Phi) is 7.69. The highest BCUT2D eigenvalue weighted by molar-refractivity contribution is 6.07. The first-order chi connectivity index (χ1) is 17.5. The molecule has 1 aliphatic heterocycles. The number of hydrogen-bond donors (Lipinski definition) is 2. The van der Waals surface area contributed by atoms with Gasteiger partial charge in [-0.1, -0.05) is 48.5 Å². The SMILES string of the molecule is COc1ccc(CN2C(=O)[C@H](NC(=O)OCc3ccccc3)[C@@H]2C(=O)Nc2ccccc2)c(OC)c1. The molecule has 0 aromatic heterocycles. The summed E-state index contributed by atoms with van der Waals surface area (Å²) in [7, 11) is 3.06. The first-order valence-electron chi connectivity index (χ1n) is 11.3. The van der Waals surface area contributed by atoms with Crippen LogP contribution < -0.4 is 20.1 Å². The fraction of sp³-hybridized carbons (Fsp3) is 0.222. The van der Waals surface area contributed by atoms with Crippen LogP contribution >= 0.6 is 0 Å². The number of para-hydroxylation sites is 1. The summed E-state index contributed by atoms with van der Waals surface area (Å²) in [6.07, 6.45) is -0.781. The fourth-order valence-corrected chi connectivity index (χ4v) is 3.95. The van der Waals surface area contributed by atoms with E-state index in [2.05, 4.69) is 10.6 Å². The first kappa shape index (κ1) is 24.6. The summed E-state index contributed by atoms with van der Waals surface area (Å²) in [6, 6.07) is 21.3. The molecule has 1 heterocycles. The Bertz CT molecular complexity index is 1220. The van der Waals surface area contributed by atoms with Crippen molar-refractivity contribution in [1.29, 1.82) is 0 Å². The molecule has 0 saturated carbocycles. The average Bonchev–Trinajstić information content (AvgIpc) is 2.91. The van der Waals surface area contributed by atoms with Gasteiger partial charge in [-0.05, 0) is 29.8 Å². The summed E-state index contributed by atoms with van der Waals surface area (Å²) in [6.45, 7) is 0.150. The Morgan fingerprint density at radius 3 is 2.28 bits per heavy atom. The van der Waals surface area contributed by atoms with Gasteiger partial charge in [0.15, 0.2) is 0 Å². The summed E-state index contributed by atoms with van der Waals surface area (Å²) in [5, 5.41) is 5.36. The molecule has 1 fully saturated rings. The lowest BCUT2D eigenvalue weighted by atomic mass is 9.92. The van der Waals surface area contributed by atoms with Crippen molar-refractivity contribution in [2.24, 2.45) is 0 Å². The van der Waals surface area contributed by atoms with Crippen LogP contribution in [0.3, 0.4) is 0 Å². The van der Waals surface area contributed by atoms with Crippen molar-refractivity contribution in [1.82, 2.24) is 10.2 Å². The van der Waals surface area contributed by atoms with Crippen LogP contribution in [0.2, 0.25) is 0 Å². The van der Waals surface area contributed by atoms with E-state index in [1.165, 1.54) is 12.0 Å². The number of nitrogens with zero attached hydrogens (tertiary/aromatic N) is 1. The maximum absolute atomic E-state index is 13.2. The zero-order valence-electron chi connectivity index (χ0n) is 20.0. The lowest BCUT2D eigenvalue weighted by molar-refractivity contribution is -0.157. The number of rotatable bonds is 9. The summed E-state index contributed by atoms with van der Waals surface area (Å²) in [5.74, 6) is 0.284. The average molecular weight is 490 g/mol. The Morgan fingerprint density at radius 2 is 1.61 bits per heavy atom. The molecular formula is C27H27N3O6. The highest BCUT2D eigenvalue weighted by Crippen LogP contribution is 2.30. The highest BCUT2D eigenvalue weighted by Gasteiger charge is 2.52. The Morgan fingerprint density at radius 1 is 0.917 bits per heavy atom. The number of alkyl carbamates (subject to hydrolysis) is 1. The Balaban J connectivity index is 1.50. The lowest BCUT2D eigenvalue weighted by Gasteiger charge is -2.45. The molecular weight excluding hydrogens is 462 g/mol. The number of carbonyl (C=O) groups is 3. The van der Waals surface area contributed by atoms with Gasteiger partial charge in [0.2, 0.25) is 11.8 Å². The zero-order chi connectivity index (χ0) is 25.5. The van der Waals surface area contributed by atoms with E-state index >= 15 is 0 Å². The third-order valence-corrected chi connectivity index (χ3v) is 5.83. The molecule has 2 atom stereocenters. The fourth-order valence-electron chi connectivity index (χ4n) is 3.95. The van der Waals surface area contributed by atoms with Gasteiger partial charge in [-0.2, -0.15) is 0 Å². The van der Waals surface area contributed by atoms with Crippen LogP contribution in [0.4, 0.5) is 10.5 Å². The molecule has 2 N–H and O–H groups in total. The van der Waals surface area contributed by atoms with Crippen LogP contribution in [-0.2, 0) is 27.5 Å². The van der Waals surface area contributed by atoms with Gasteiger partial charge in [-0.3, -0.25) is 9.59 Å². The molecule has 3 aromatic rings. The number of benzene rings is 3. The number of β-lactam (4-membered cyclic amide) rings is 1. The van der Waals surface area contributed by atoms with Crippen LogP contribution in [0.5, 0.6) is 11.5 Å². The number of amides is 3. The molecule has 3 amide bonds. The molecule has 0 radical (unpaired) electrons. The lowest BCUT2D eigenvalue weighted by Crippen LogP contribution is -2.73. The minimum absolute atomic E-state index is 0.0429. The quantitative estimate of drug-likeness (QED) is 0.447. The molecule has 9 heteroatoms. The third-order valence-electron chi connectivity index (χ3n) is 5.83. The van der Waals surface area contributed by atoms with E-state index in [1.54, 1.807) is 49.6 Å². The van der Waals surface area contributed by atoms with Crippen molar-refractivity contribution in [2.45, 2.75) is 25.2 Å². The predicted molar refractivity (Wildman–Crippen MR) is 133 cm³/mol. The van der Waals surface area contributed by atoms with Crippen LogP contribution in [0.15, 0.2) is 78.9 Å². The van der Waals surface area contributed by atoms with Gasteiger partial charge in [0.1, 0.15) is 30.2 Å².